The predicted octanol–water partition coefficient (Wildman–Crippen LogP) is 4.05. The first kappa shape index (κ1) is 43.5. The van der Waals surface area contributed by atoms with E-state index in [1.54, 1.807) is 6.07 Å². The van der Waals surface area contributed by atoms with Crippen molar-refractivity contribution in [3.8, 4) is 0 Å². The fraction of sp³-hybridized carbons (Fsp3) is 0.353. The van der Waals surface area contributed by atoms with Crippen LogP contribution in [0.5, 0.6) is 0 Å². The summed E-state index contributed by atoms with van der Waals surface area (Å²) < 4.78 is 121. The Morgan fingerprint density at radius 1 is 0.810 bits per heavy atom. The van der Waals surface area contributed by atoms with E-state index in [1.165, 1.54) is 24.2 Å². The molecule has 1 unspecified atom stereocenters. The Labute approximate surface area is 326 Å². The van der Waals surface area contributed by atoms with Crippen LogP contribution in [0.4, 0.5) is 53.0 Å². The van der Waals surface area contributed by atoms with Gasteiger partial charge in [0.25, 0.3) is 31.5 Å². The Morgan fingerprint density at radius 2 is 1.31 bits per heavy atom. The number of nitrogens with one attached hydrogen (secondary N) is 2. The fourth-order valence-electron chi connectivity index (χ4n) is 6.01. The van der Waals surface area contributed by atoms with Crippen LogP contribution in [0, 0.1) is 5.92 Å². The Balaban J connectivity index is 0.000000269. The molecule has 312 valence electrons. The molecule has 3 saturated heterocycles. The second-order valence-corrected chi connectivity index (χ2v) is 17.0. The van der Waals surface area contributed by atoms with Gasteiger partial charge in [-0.1, -0.05) is 0 Å². The lowest BCUT2D eigenvalue weighted by Crippen LogP contribution is -2.36. The molecule has 4 heterocycles. The van der Waals surface area contributed by atoms with Gasteiger partial charge in [0.1, 0.15) is 6.04 Å². The highest BCUT2D eigenvalue weighted by Gasteiger charge is 2.48. The number of carbonyl (C=O) groups is 5. The van der Waals surface area contributed by atoms with E-state index >= 15 is 0 Å². The first-order valence-electron chi connectivity index (χ1n) is 17.0. The molecule has 1 atom stereocenters. The van der Waals surface area contributed by atoms with Crippen LogP contribution >= 0.6 is 0 Å². The summed E-state index contributed by atoms with van der Waals surface area (Å²) in [5, 5.41) is 5.11. The third-order valence-corrected chi connectivity index (χ3v) is 12.3. The average molecular weight is 862 g/mol. The smallest absolute Gasteiger partial charge is 0.328 e. The molecule has 0 saturated carbocycles. The first-order chi connectivity index (χ1) is 27.0. The van der Waals surface area contributed by atoms with Gasteiger partial charge in [-0.25, -0.2) is 36.2 Å². The molecule has 7 amide bonds. The number of carbonyl (C=O) groups excluding carboxylic acids is 5. The van der Waals surface area contributed by atoms with Crippen molar-refractivity contribution in [2.75, 3.05) is 41.8 Å². The lowest BCUT2D eigenvalue weighted by molar-refractivity contribution is -0.121. The van der Waals surface area contributed by atoms with Gasteiger partial charge in [0, 0.05) is 12.1 Å². The maximum Gasteiger partial charge on any atom is 0.501 e. The van der Waals surface area contributed by atoms with Crippen LogP contribution in [0.15, 0.2) is 76.8 Å². The van der Waals surface area contributed by atoms with Gasteiger partial charge >= 0.3 is 23.1 Å². The number of likely N-dealkylation sites (tertiary alicyclic amines) is 1. The maximum absolute atomic E-state index is 13.2. The minimum atomic E-state index is -5.57. The van der Waals surface area contributed by atoms with E-state index < -0.39 is 70.4 Å². The molecular formula is C34H33F6N7O9S2. The maximum atomic E-state index is 13.2. The average Bonchev–Trinajstić information content (AvgIpc) is 3.60. The van der Waals surface area contributed by atoms with Crippen LogP contribution in [0.3, 0.4) is 0 Å². The SMILES string of the molecule is CC1C(=O)N(c2ccc(S(=O)(=O)C(F)(F)F)cc2)C(=O)N1Cc1ccncc1NC(=O)C1CCN(C)CC1.O=C1CNC(=O)N1c1ccc(S(=O)(=O)C(F)(F)F)cc1. The summed E-state index contributed by atoms with van der Waals surface area (Å²) in [6.45, 7) is 2.84. The summed E-state index contributed by atoms with van der Waals surface area (Å²) >= 11 is 0. The van der Waals surface area contributed by atoms with Crippen LogP contribution in [0.2, 0.25) is 0 Å². The number of hydrogen-bond acceptors (Lipinski definition) is 11. The molecule has 0 bridgehead atoms. The topological polar surface area (TPSA) is 204 Å². The molecule has 3 aliphatic heterocycles. The monoisotopic (exact) mass is 861 g/mol. The van der Waals surface area contributed by atoms with Gasteiger partial charge in [-0.05, 0) is 100 Å². The van der Waals surface area contributed by atoms with Crippen LogP contribution in [-0.2, 0) is 40.6 Å². The highest BCUT2D eigenvalue weighted by molar-refractivity contribution is 7.92. The zero-order chi connectivity index (χ0) is 43.0. The molecule has 6 rings (SSSR count). The first-order valence-corrected chi connectivity index (χ1v) is 19.9. The normalized spacial score (nSPS) is 18.6. The van der Waals surface area contributed by atoms with Gasteiger partial charge in [0.15, 0.2) is 0 Å². The minimum Gasteiger partial charge on any atom is -0.328 e. The largest absolute Gasteiger partial charge is 0.501 e. The quantitative estimate of drug-likeness (QED) is 0.244. The van der Waals surface area contributed by atoms with Gasteiger partial charge in [0.2, 0.25) is 5.91 Å². The van der Waals surface area contributed by atoms with E-state index in [0.717, 1.165) is 42.3 Å². The molecular weight excluding hydrogens is 829 g/mol. The number of hydrogen-bond donors (Lipinski definition) is 2. The second-order valence-electron chi connectivity index (χ2n) is 13.1. The third kappa shape index (κ3) is 8.77. The summed E-state index contributed by atoms with van der Waals surface area (Å²) in [6, 6.07) is 5.89. The van der Waals surface area contributed by atoms with Crippen molar-refractivity contribution in [3.05, 3.63) is 72.6 Å². The lowest BCUT2D eigenvalue weighted by Gasteiger charge is -2.28. The van der Waals surface area contributed by atoms with Crippen molar-refractivity contribution in [1.29, 1.82) is 0 Å². The zero-order valence-corrected chi connectivity index (χ0v) is 31.9. The highest BCUT2D eigenvalue weighted by Crippen LogP contribution is 2.34. The standard InChI is InChI=1S/C24H26F3N5O5S.C10H7F3N2O4S/c1-15-22(34)32(18-3-5-19(6-4-18)38(36,37)24(25,26)27)23(35)31(15)14-17-7-10-28-13-20(17)29-21(33)16-8-11-30(2)12-9-16;11-10(12,13)20(18,19)7-3-1-6(2-4-7)15-8(16)5-14-9(15)17/h3-7,10,13,15-16H,8-9,11-12,14H2,1-2H3,(H,29,33);1-4H,5H2,(H,14,17). The predicted molar refractivity (Wildman–Crippen MR) is 191 cm³/mol. The Morgan fingerprint density at radius 3 is 1.78 bits per heavy atom. The zero-order valence-electron chi connectivity index (χ0n) is 30.2. The van der Waals surface area contributed by atoms with Crippen molar-refractivity contribution in [3.63, 3.8) is 0 Å². The van der Waals surface area contributed by atoms with Crippen LogP contribution in [0.25, 0.3) is 0 Å². The Kier molecular flexibility index (Phi) is 12.2. The summed E-state index contributed by atoms with van der Waals surface area (Å²) in [6.07, 6.45) is 4.39. The van der Waals surface area contributed by atoms with Crippen LogP contribution < -0.4 is 20.4 Å². The number of piperidine rings is 1. The molecule has 0 aliphatic carbocycles. The molecule has 2 N–H and O–H groups in total. The van der Waals surface area contributed by atoms with Gasteiger partial charge in [-0.15, -0.1) is 0 Å². The lowest BCUT2D eigenvalue weighted by atomic mass is 9.96. The van der Waals surface area contributed by atoms with E-state index in [4.69, 9.17) is 0 Å². The number of alkyl halides is 6. The molecule has 58 heavy (non-hydrogen) atoms. The van der Waals surface area contributed by atoms with E-state index in [0.29, 0.717) is 53.3 Å². The molecule has 3 aliphatic rings. The molecule has 1 aromatic heterocycles. The van der Waals surface area contributed by atoms with Crippen molar-refractivity contribution in [1.82, 2.24) is 20.1 Å². The number of halogens is 6. The summed E-state index contributed by atoms with van der Waals surface area (Å²) in [5.41, 5.74) is -10.0. The number of amides is 7. The van der Waals surface area contributed by atoms with Crippen molar-refractivity contribution in [2.24, 2.45) is 5.92 Å². The van der Waals surface area contributed by atoms with E-state index in [2.05, 4.69) is 20.5 Å². The Hall–Kier alpha value is -5.62. The Bertz CT molecular complexity index is 2300. The molecule has 0 spiro atoms. The molecule has 3 fully saturated rings. The third-order valence-electron chi connectivity index (χ3n) is 9.34. The second kappa shape index (κ2) is 16.3. The number of pyridine rings is 1. The number of aromatic nitrogens is 1. The molecule has 3 aromatic rings. The summed E-state index contributed by atoms with van der Waals surface area (Å²) in [7, 11) is -9.03. The summed E-state index contributed by atoms with van der Waals surface area (Å²) in [5.74, 6) is -1.53. The molecule has 24 heteroatoms. The molecule has 0 radical (unpaired) electrons. The van der Waals surface area contributed by atoms with E-state index in [9.17, 15) is 67.2 Å². The molecule has 2 aromatic carbocycles. The van der Waals surface area contributed by atoms with Gasteiger partial charge in [0.05, 0.1) is 46.1 Å². The number of rotatable bonds is 8. The van der Waals surface area contributed by atoms with Gasteiger partial charge in [-0.3, -0.25) is 19.4 Å². The van der Waals surface area contributed by atoms with Crippen molar-refractivity contribution < 1.29 is 67.2 Å². The number of benzene rings is 2. The van der Waals surface area contributed by atoms with E-state index in [1.807, 2.05) is 7.05 Å². The number of anilines is 3. The van der Waals surface area contributed by atoms with E-state index in [-0.39, 0.29) is 36.3 Å². The van der Waals surface area contributed by atoms with Crippen molar-refractivity contribution >= 4 is 66.5 Å². The number of sulfone groups is 2. The fourth-order valence-corrected chi connectivity index (χ4v) is 7.54. The molecule has 16 nitrogen and oxygen atoms in total. The van der Waals surface area contributed by atoms with Gasteiger partial charge < -0.3 is 20.4 Å². The van der Waals surface area contributed by atoms with Crippen LogP contribution in [0.1, 0.15) is 25.3 Å². The number of nitrogens with zero attached hydrogens (tertiary/aromatic N) is 5. The highest BCUT2D eigenvalue weighted by atomic mass is 32.2. The number of urea groups is 2. The minimum absolute atomic E-state index is 0.00822. The van der Waals surface area contributed by atoms with Crippen LogP contribution in [-0.4, -0.2) is 105 Å². The summed E-state index contributed by atoms with van der Waals surface area (Å²) in [4.78, 5) is 68.7. The van der Waals surface area contributed by atoms with Gasteiger partial charge in [-0.2, -0.15) is 26.3 Å². The van der Waals surface area contributed by atoms with Crippen molar-refractivity contribution in [2.45, 2.75) is 53.2 Å². The number of imide groups is 2.